The maximum Gasteiger partial charge on any atom is 2.00 e. The summed E-state index contributed by atoms with van der Waals surface area (Å²) in [7, 11) is 0. The number of nitrogens with zero attached hydrogens (tertiary/aromatic N) is 4. The Labute approximate surface area is 411 Å². The van der Waals surface area contributed by atoms with Crippen LogP contribution in [-0.4, -0.2) is 18.8 Å². The summed E-state index contributed by atoms with van der Waals surface area (Å²) < 4.78 is 11.2. The molecule has 0 unspecified atom stereocenters. The van der Waals surface area contributed by atoms with Crippen molar-refractivity contribution in [2.24, 2.45) is 0 Å². The molecule has 0 N–H and O–H groups in total. The van der Waals surface area contributed by atoms with Gasteiger partial charge in [-0.05, 0) is 167 Å². The van der Waals surface area contributed by atoms with E-state index in [0.717, 1.165) is 54.6 Å². The molecule has 0 aliphatic carbocycles. The van der Waals surface area contributed by atoms with E-state index >= 15 is 0 Å². The predicted molar refractivity (Wildman–Crippen MR) is 278 cm³/mol. The average Bonchev–Trinajstić information content (AvgIpc) is 4.02. The zero-order valence-corrected chi connectivity index (χ0v) is 41.6. The van der Waals surface area contributed by atoms with Crippen molar-refractivity contribution < 1.29 is 25.8 Å². The molecule has 68 heavy (non-hydrogen) atoms. The molecule has 0 bridgehead atoms. The number of benzene rings is 8. The summed E-state index contributed by atoms with van der Waals surface area (Å²) in [5.41, 5.74) is 23.6. The monoisotopic (exact) mass is 1060 g/mol. The Hall–Kier alpha value is -7.33. The summed E-state index contributed by atoms with van der Waals surface area (Å²) >= 11 is 0. The van der Waals surface area contributed by atoms with Crippen molar-refractivity contribution in [3.8, 4) is 56.0 Å². The molecule has 6 heteroatoms. The largest absolute Gasteiger partial charge is 2.00 e. The fraction of sp³-hybridized carbons (Fsp3) is 0.129. The third-order valence-corrected chi connectivity index (χ3v) is 14.2. The summed E-state index contributed by atoms with van der Waals surface area (Å²) in [6, 6.07) is 51.4. The van der Waals surface area contributed by atoms with Crippen LogP contribution in [0.15, 0.2) is 146 Å². The van der Waals surface area contributed by atoms with E-state index in [2.05, 4.69) is 198 Å². The molecule has 0 amide bonds. The number of aromatic nitrogens is 4. The van der Waals surface area contributed by atoms with E-state index in [1.807, 2.05) is 24.5 Å². The number of fused-ring (bicyclic) bond motifs is 12. The Morgan fingerprint density at radius 3 is 1.07 bits per heavy atom. The van der Waals surface area contributed by atoms with E-state index in [1.54, 1.807) is 0 Å². The van der Waals surface area contributed by atoms with Gasteiger partial charge < -0.3 is 13.5 Å². The van der Waals surface area contributed by atoms with Gasteiger partial charge in [0.05, 0.1) is 11.3 Å². The van der Waals surface area contributed by atoms with Crippen molar-refractivity contribution in [2.75, 3.05) is 0 Å². The van der Waals surface area contributed by atoms with Crippen LogP contribution in [0, 0.1) is 67.5 Å². The number of hydrogen-bond donors (Lipinski definition) is 0. The number of imidazole rings is 2. The Morgan fingerprint density at radius 2 is 0.721 bits per heavy atom. The van der Waals surface area contributed by atoms with Crippen LogP contribution in [0.25, 0.3) is 99.2 Å². The van der Waals surface area contributed by atoms with Crippen LogP contribution < -0.4 is 4.74 Å². The first kappa shape index (κ1) is 43.3. The van der Waals surface area contributed by atoms with E-state index in [-0.39, 0.29) is 21.1 Å². The van der Waals surface area contributed by atoms with Gasteiger partial charge in [0.1, 0.15) is 0 Å². The van der Waals surface area contributed by atoms with Gasteiger partial charge in [-0.2, -0.15) is 0 Å². The van der Waals surface area contributed by atoms with Crippen molar-refractivity contribution >= 4 is 54.6 Å². The van der Waals surface area contributed by atoms with Gasteiger partial charge in [0.25, 0.3) is 0 Å². The zero-order valence-electron chi connectivity index (χ0n) is 39.4. The van der Waals surface area contributed by atoms with Crippen LogP contribution in [0.5, 0.6) is 11.5 Å². The first-order chi connectivity index (χ1) is 32.6. The molecule has 0 radical (unpaired) electrons. The molecule has 5 nitrogen and oxygen atoms in total. The minimum Gasteiger partial charge on any atom is -0.497 e. The van der Waals surface area contributed by atoms with Crippen LogP contribution in [0.4, 0.5) is 0 Å². The molecule has 332 valence electrons. The van der Waals surface area contributed by atoms with Gasteiger partial charge in [0, 0.05) is 47.3 Å². The van der Waals surface area contributed by atoms with E-state index in [4.69, 9.17) is 14.7 Å². The SMILES string of the molecule is Cc1cccc(C)c1-c1ccc2c(c1-c1c(C)cccc1C)c1ccc(Oc3[c-]c4c(cc3)c3c(-c5c(C)cccc5C)c(-c5c(C)cccc5C)ccc3n3ccnc43)[c-]c1c1nccn21.[Pt+2]. The van der Waals surface area contributed by atoms with E-state index in [9.17, 15) is 0 Å². The summed E-state index contributed by atoms with van der Waals surface area (Å²) in [6.45, 7) is 17.8. The number of pyridine rings is 2. The second-order valence-corrected chi connectivity index (χ2v) is 18.4. The van der Waals surface area contributed by atoms with Gasteiger partial charge in [-0.1, -0.05) is 131 Å². The van der Waals surface area contributed by atoms with Crippen LogP contribution in [0.3, 0.4) is 0 Å². The maximum atomic E-state index is 6.84. The number of aryl methyl sites for hydroxylation is 8. The van der Waals surface area contributed by atoms with Crippen molar-refractivity contribution in [1.29, 1.82) is 0 Å². The van der Waals surface area contributed by atoms with Crippen molar-refractivity contribution in [2.45, 2.75) is 55.4 Å². The molecule has 0 spiro atoms. The first-order valence-electron chi connectivity index (χ1n) is 23.1. The van der Waals surface area contributed by atoms with Crippen LogP contribution >= 0.6 is 0 Å². The zero-order chi connectivity index (χ0) is 45.8. The predicted octanol–water partition coefficient (Wildman–Crippen LogP) is 16.1. The Kier molecular flexibility index (Phi) is 10.5. The molecular formula is C62H48N4OPt. The average molecular weight is 1060 g/mol. The molecule has 12 rings (SSSR count). The second-order valence-electron chi connectivity index (χ2n) is 18.4. The maximum absolute atomic E-state index is 6.84. The molecule has 0 saturated heterocycles. The van der Waals surface area contributed by atoms with E-state index in [1.165, 1.54) is 89.0 Å². The van der Waals surface area contributed by atoms with Gasteiger partial charge in [0.2, 0.25) is 0 Å². The molecule has 0 saturated carbocycles. The molecule has 12 aromatic rings. The molecule has 0 aliphatic heterocycles. The van der Waals surface area contributed by atoms with Gasteiger partial charge in [-0.25, -0.2) is 0 Å². The van der Waals surface area contributed by atoms with Crippen molar-refractivity contribution in [1.82, 2.24) is 18.8 Å². The minimum atomic E-state index is 0. The summed E-state index contributed by atoms with van der Waals surface area (Å²) in [4.78, 5) is 9.86. The number of rotatable bonds is 6. The van der Waals surface area contributed by atoms with Gasteiger partial charge >= 0.3 is 21.1 Å². The Bertz CT molecular complexity index is 3720. The quantitative estimate of drug-likeness (QED) is 0.123. The standard InChI is InChI=1S/C62H48N4O.Pt/c1-35-13-9-14-36(2)53(35)47-25-27-51-57(59(47)55-39(5)17-11-18-40(55)6)45-23-21-43(33-49(45)61-63-29-31-65(51)61)67-44-22-24-46-50(34-44)62-64-30-32-66(62)52-28-26-48(54-37(3)15-10-16-38(54)4)60(58(46)52)56-41(7)19-12-20-42(56)8;/h9-32H,1-8H3;/q-2;+2. The molecule has 4 aromatic heterocycles. The molecular weight excluding hydrogens is 1010 g/mol. The van der Waals surface area contributed by atoms with Gasteiger partial charge in [0.15, 0.2) is 0 Å². The summed E-state index contributed by atoms with van der Waals surface area (Å²) in [5.74, 6) is 1.17. The Morgan fingerprint density at radius 1 is 0.382 bits per heavy atom. The smallest absolute Gasteiger partial charge is 0.497 e. The fourth-order valence-corrected chi connectivity index (χ4v) is 11.3. The molecule has 0 aliphatic rings. The topological polar surface area (TPSA) is 43.8 Å². The number of hydrogen-bond acceptors (Lipinski definition) is 3. The second kappa shape index (κ2) is 16.5. The molecule has 0 atom stereocenters. The van der Waals surface area contributed by atoms with Crippen molar-refractivity contribution in [3.63, 3.8) is 0 Å². The van der Waals surface area contributed by atoms with Crippen molar-refractivity contribution in [3.05, 3.63) is 203 Å². The molecule has 8 aromatic carbocycles. The minimum absolute atomic E-state index is 0. The Balaban J connectivity index is 0.00000507. The van der Waals surface area contributed by atoms with E-state index < -0.39 is 0 Å². The van der Waals surface area contributed by atoms with E-state index in [0.29, 0.717) is 11.5 Å². The third-order valence-electron chi connectivity index (χ3n) is 14.2. The van der Waals surface area contributed by atoms with Crippen LogP contribution in [0.1, 0.15) is 44.5 Å². The number of ether oxygens (including phenoxy) is 1. The van der Waals surface area contributed by atoms with Gasteiger partial charge in [-0.3, -0.25) is 9.97 Å². The van der Waals surface area contributed by atoms with Crippen LogP contribution in [-0.2, 0) is 21.1 Å². The summed E-state index contributed by atoms with van der Waals surface area (Å²) in [6.07, 6.45) is 7.87. The first-order valence-corrected chi connectivity index (χ1v) is 23.1. The molecule has 0 fully saturated rings. The third kappa shape index (κ3) is 6.54. The van der Waals surface area contributed by atoms with Crippen LogP contribution in [0.2, 0.25) is 0 Å². The normalized spacial score (nSPS) is 11.7. The van der Waals surface area contributed by atoms with Gasteiger partial charge in [-0.15, -0.1) is 12.1 Å². The fourth-order valence-electron chi connectivity index (χ4n) is 11.3. The summed E-state index contributed by atoms with van der Waals surface area (Å²) in [5, 5.41) is 6.23. The molecule has 4 heterocycles.